The van der Waals surface area contributed by atoms with E-state index < -0.39 is 4.92 Å². The molecule has 0 aliphatic rings. The average Bonchev–Trinajstić information content (AvgIpc) is 2.47. The molecule has 0 fully saturated rings. The van der Waals surface area contributed by atoms with Crippen molar-refractivity contribution in [2.45, 2.75) is 0 Å². The van der Waals surface area contributed by atoms with Crippen molar-refractivity contribution >= 4 is 23.1 Å². The normalized spacial score (nSPS) is 11.2. The van der Waals surface area contributed by atoms with Gasteiger partial charge in [0, 0.05) is 35.0 Å². The van der Waals surface area contributed by atoms with E-state index in [9.17, 15) is 10.1 Å². The van der Waals surface area contributed by atoms with Gasteiger partial charge in [0.1, 0.15) is 0 Å². The van der Waals surface area contributed by atoms with Crippen LogP contribution in [0.3, 0.4) is 0 Å². The first-order chi connectivity index (χ1) is 10.0. The van der Waals surface area contributed by atoms with Crippen LogP contribution in [0.1, 0.15) is 5.56 Å². The second-order valence-corrected chi connectivity index (χ2v) is 4.28. The largest absolute Gasteiger partial charge is 0.432 e. The third-order valence-corrected chi connectivity index (χ3v) is 2.71. The molecule has 0 atom stereocenters. The zero-order valence-electron chi connectivity index (χ0n) is 10.4. The summed E-state index contributed by atoms with van der Waals surface area (Å²) in [7, 11) is 0. The van der Waals surface area contributed by atoms with Gasteiger partial charge in [-0.1, -0.05) is 16.8 Å². The van der Waals surface area contributed by atoms with Gasteiger partial charge in [0.05, 0.1) is 4.92 Å². The highest BCUT2D eigenvalue weighted by Gasteiger charge is 2.16. The van der Waals surface area contributed by atoms with Crippen LogP contribution in [0, 0.1) is 10.1 Å². The number of halogens is 1. The molecular formula is C12H9ClN4O4. The Balaban J connectivity index is 2.30. The monoisotopic (exact) mass is 308 g/mol. The van der Waals surface area contributed by atoms with Gasteiger partial charge < -0.3 is 15.7 Å². The summed E-state index contributed by atoms with van der Waals surface area (Å²) < 4.78 is 5.34. The number of nitrogens with zero attached hydrogens (tertiary/aromatic N) is 3. The number of nitro benzene ring substituents is 1. The van der Waals surface area contributed by atoms with Gasteiger partial charge in [0.25, 0.3) is 0 Å². The minimum absolute atomic E-state index is 0.0310. The van der Waals surface area contributed by atoms with E-state index in [1.165, 1.54) is 36.5 Å². The lowest BCUT2D eigenvalue weighted by atomic mass is 10.2. The van der Waals surface area contributed by atoms with Crippen molar-refractivity contribution in [2.24, 2.45) is 10.9 Å². The van der Waals surface area contributed by atoms with E-state index in [2.05, 4.69) is 10.1 Å². The molecule has 0 saturated heterocycles. The van der Waals surface area contributed by atoms with E-state index >= 15 is 0 Å². The Morgan fingerprint density at radius 1 is 1.43 bits per heavy atom. The first-order valence-corrected chi connectivity index (χ1v) is 5.95. The van der Waals surface area contributed by atoms with E-state index in [-0.39, 0.29) is 23.2 Å². The first kappa shape index (κ1) is 14.5. The topological polar surface area (TPSA) is 124 Å². The second kappa shape index (κ2) is 6.06. The highest BCUT2D eigenvalue weighted by Crippen LogP contribution is 2.32. The number of pyridine rings is 1. The van der Waals surface area contributed by atoms with Crippen LogP contribution in [0.15, 0.2) is 41.7 Å². The Kier molecular flexibility index (Phi) is 4.19. The van der Waals surface area contributed by atoms with Crippen LogP contribution in [0.2, 0.25) is 5.02 Å². The highest BCUT2D eigenvalue weighted by molar-refractivity contribution is 6.30. The van der Waals surface area contributed by atoms with Crippen LogP contribution in [0.4, 0.5) is 5.69 Å². The molecule has 2 aromatic rings. The van der Waals surface area contributed by atoms with Crippen molar-refractivity contribution in [1.82, 2.24) is 4.98 Å². The molecule has 0 aliphatic heterocycles. The van der Waals surface area contributed by atoms with Gasteiger partial charge in [-0.2, -0.15) is 0 Å². The molecule has 1 heterocycles. The minimum atomic E-state index is -0.587. The summed E-state index contributed by atoms with van der Waals surface area (Å²) in [4.78, 5) is 14.2. The summed E-state index contributed by atoms with van der Waals surface area (Å²) in [5.74, 6) is -0.0332. The number of nitrogens with two attached hydrogens (primary N) is 1. The van der Waals surface area contributed by atoms with E-state index in [4.69, 9.17) is 27.3 Å². The molecule has 3 N–H and O–H groups in total. The van der Waals surface area contributed by atoms with Crippen LogP contribution in [-0.2, 0) is 0 Å². The van der Waals surface area contributed by atoms with Crippen LogP contribution in [0.5, 0.6) is 11.6 Å². The molecule has 0 bridgehead atoms. The molecule has 108 valence electrons. The van der Waals surface area contributed by atoms with Gasteiger partial charge in [0.2, 0.25) is 11.6 Å². The molecule has 8 nitrogen and oxygen atoms in total. The number of rotatable bonds is 4. The van der Waals surface area contributed by atoms with Crippen LogP contribution in [0.25, 0.3) is 0 Å². The van der Waals surface area contributed by atoms with Crippen molar-refractivity contribution < 1.29 is 14.9 Å². The smallest absolute Gasteiger partial charge is 0.311 e. The molecule has 9 heteroatoms. The third-order valence-electron chi connectivity index (χ3n) is 2.47. The van der Waals surface area contributed by atoms with Gasteiger partial charge in [-0.3, -0.25) is 10.1 Å². The van der Waals surface area contributed by atoms with E-state index in [1.54, 1.807) is 0 Å². The Morgan fingerprint density at radius 2 is 2.19 bits per heavy atom. The SMILES string of the molecule is NC(=NO)c1ccc(Oc2cc(Cl)ccc2[N+](=O)[O-])nc1. The predicted molar refractivity (Wildman–Crippen MR) is 74.9 cm³/mol. The molecule has 0 amide bonds. The molecule has 0 unspecified atom stereocenters. The molecule has 0 aliphatic carbocycles. The molecule has 0 spiro atoms. The zero-order chi connectivity index (χ0) is 15.4. The fraction of sp³-hybridized carbons (Fsp3) is 0. The summed E-state index contributed by atoms with van der Waals surface area (Å²) in [6.45, 7) is 0. The number of hydrogen-bond donors (Lipinski definition) is 2. The number of oxime groups is 1. The Hall–Kier alpha value is -2.87. The number of amidine groups is 1. The molecule has 0 radical (unpaired) electrons. The fourth-order valence-corrected chi connectivity index (χ4v) is 1.65. The lowest BCUT2D eigenvalue weighted by molar-refractivity contribution is -0.385. The van der Waals surface area contributed by atoms with E-state index in [1.807, 2.05) is 0 Å². The van der Waals surface area contributed by atoms with Crippen LogP contribution in [-0.4, -0.2) is 21.0 Å². The number of nitro groups is 1. The van der Waals surface area contributed by atoms with Gasteiger partial charge in [-0.25, -0.2) is 4.98 Å². The minimum Gasteiger partial charge on any atom is -0.432 e. The molecule has 21 heavy (non-hydrogen) atoms. The summed E-state index contributed by atoms with van der Waals surface area (Å²) in [6, 6.07) is 6.87. The standard InChI is InChI=1S/C12H9ClN4O4/c13-8-2-3-9(17(19)20)10(5-8)21-11-4-1-7(6-15-11)12(14)16-18/h1-6,18H,(H2,14,16). The second-order valence-electron chi connectivity index (χ2n) is 3.84. The lowest BCUT2D eigenvalue weighted by Crippen LogP contribution is -2.13. The third kappa shape index (κ3) is 3.37. The van der Waals surface area contributed by atoms with Crippen molar-refractivity contribution in [3.05, 3.63) is 57.2 Å². The maximum atomic E-state index is 10.9. The van der Waals surface area contributed by atoms with Crippen molar-refractivity contribution in [1.29, 1.82) is 0 Å². The van der Waals surface area contributed by atoms with Gasteiger partial charge in [-0.05, 0) is 12.1 Å². The van der Waals surface area contributed by atoms with Crippen molar-refractivity contribution in [3.8, 4) is 11.6 Å². The van der Waals surface area contributed by atoms with E-state index in [0.29, 0.717) is 10.6 Å². The van der Waals surface area contributed by atoms with Crippen molar-refractivity contribution in [2.75, 3.05) is 0 Å². The first-order valence-electron chi connectivity index (χ1n) is 5.57. The lowest BCUT2D eigenvalue weighted by Gasteiger charge is -2.06. The van der Waals surface area contributed by atoms with Gasteiger partial charge >= 0.3 is 5.69 Å². The zero-order valence-corrected chi connectivity index (χ0v) is 11.2. The summed E-state index contributed by atoms with van der Waals surface area (Å²) >= 11 is 5.79. The Morgan fingerprint density at radius 3 is 2.76 bits per heavy atom. The molecule has 2 rings (SSSR count). The maximum Gasteiger partial charge on any atom is 0.311 e. The summed E-state index contributed by atoms with van der Waals surface area (Å²) in [5.41, 5.74) is 5.54. The quantitative estimate of drug-likeness (QED) is 0.294. The number of ether oxygens (including phenoxy) is 1. The molecule has 1 aromatic carbocycles. The predicted octanol–water partition coefficient (Wildman–Crippen LogP) is 2.53. The maximum absolute atomic E-state index is 10.9. The summed E-state index contributed by atoms with van der Waals surface area (Å²) in [6.07, 6.45) is 1.31. The van der Waals surface area contributed by atoms with Crippen LogP contribution < -0.4 is 10.5 Å². The van der Waals surface area contributed by atoms with E-state index in [0.717, 1.165) is 0 Å². The molecule has 1 aromatic heterocycles. The molecule has 0 saturated carbocycles. The number of benzene rings is 1. The molecular weight excluding hydrogens is 300 g/mol. The average molecular weight is 309 g/mol. The van der Waals surface area contributed by atoms with Gasteiger partial charge in [-0.15, -0.1) is 0 Å². The fourth-order valence-electron chi connectivity index (χ4n) is 1.48. The number of hydrogen-bond acceptors (Lipinski definition) is 6. The number of aromatic nitrogens is 1. The van der Waals surface area contributed by atoms with Gasteiger partial charge in [0.15, 0.2) is 5.84 Å². The highest BCUT2D eigenvalue weighted by atomic mass is 35.5. The Bertz CT molecular complexity index is 703. The van der Waals surface area contributed by atoms with Crippen molar-refractivity contribution in [3.63, 3.8) is 0 Å². The Labute approximate surface area is 123 Å². The van der Waals surface area contributed by atoms with Crippen LogP contribution >= 0.6 is 11.6 Å². The summed E-state index contributed by atoms with van der Waals surface area (Å²) in [5, 5.41) is 22.6.